The summed E-state index contributed by atoms with van der Waals surface area (Å²) in [6.07, 6.45) is 0. The lowest BCUT2D eigenvalue weighted by molar-refractivity contribution is -0.742. The number of nitriles is 1. The van der Waals surface area contributed by atoms with E-state index in [2.05, 4.69) is 11.1 Å². The molecule has 0 aliphatic heterocycles. The summed E-state index contributed by atoms with van der Waals surface area (Å²) in [5.74, 6) is -0.00168. The molecule has 0 bridgehead atoms. The molecule has 1 aromatic carbocycles. The van der Waals surface area contributed by atoms with Crippen molar-refractivity contribution in [3.05, 3.63) is 39.4 Å². The number of benzene rings is 1. The second kappa shape index (κ2) is 6.62. The van der Waals surface area contributed by atoms with Crippen LogP contribution in [0.3, 0.4) is 0 Å². The van der Waals surface area contributed by atoms with E-state index in [-0.39, 0.29) is 5.96 Å². The van der Waals surface area contributed by atoms with Crippen molar-refractivity contribution < 1.29 is 10.3 Å². The van der Waals surface area contributed by atoms with Gasteiger partial charge in [-0.15, -0.1) is 10.1 Å². The molecular formula is C9H11N5O3. The van der Waals surface area contributed by atoms with Crippen molar-refractivity contribution in [3.8, 4) is 6.07 Å². The highest BCUT2D eigenvalue weighted by Gasteiger charge is 2.01. The lowest BCUT2D eigenvalue weighted by Crippen LogP contribution is -2.22. The second-order valence-corrected chi connectivity index (χ2v) is 2.84. The fourth-order valence-corrected chi connectivity index (χ4v) is 1.00. The SMILES string of the molecule is Cc1c(C#N)cccc1N=C(N)N.O=[N+]([O-])O. The molecule has 0 unspecified atom stereocenters. The Kier molecular flexibility index (Phi) is 5.53. The smallest absolute Gasteiger partial charge is 0.291 e. The molecular weight excluding hydrogens is 226 g/mol. The van der Waals surface area contributed by atoms with Crippen LogP contribution in [0.1, 0.15) is 11.1 Å². The highest BCUT2D eigenvalue weighted by molar-refractivity contribution is 5.79. The first kappa shape index (κ1) is 14.2. The van der Waals surface area contributed by atoms with Gasteiger partial charge in [0.25, 0.3) is 5.09 Å². The van der Waals surface area contributed by atoms with E-state index >= 15 is 0 Å². The van der Waals surface area contributed by atoms with Crippen LogP contribution in [0.5, 0.6) is 0 Å². The number of aliphatic imine (C=N–C) groups is 1. The summed E-state index contributed by atoms with van der Waals surface area (Å²) < 4.78 is 0. The first-order valence-electron chi connectivity index (χ1n) is 4.31. The van der Waals surface area contributed by atoms with Crippen molar-refractivity contribution in [1.29, 1.82) is 5.26 Å². The monoisotopic (exact) mass is 237 g/mol. The van der Waals surface area contributed by atoms with Crippen molar-refractivity contribution >= 4 is 11.6 Å². The largest absolute Gasteiger partial charge is 0.370 e. The van der Waals surface area contributed by atoms with Gasteiger partial charge >= 0.3 is 0 Å². The molecule has 0 aromatic heterocycles. The van der Waals surface area contributed by atoms with Gasteiger partial charge in [0.15, 0.2) is 5.96 Å². The van der Waals surface area contributed by atoms with Gasteiger partial charge in [-0.2, -0.15) is 5.26 Å². The van der Waals surface area contributed by atoms with Crippen LogP contribution in [0, 0.1) is 28.4 Å². The van der Waals surface area contributed by atoms with Crippen LogP contribution >= 0.6 is 0 Å². The van der Waals surface area contributed by atoms with E-state index in [1.54, 1.807) is 25.1 Å². The van der Waals surface area contributed by atoms with Crippen molar-refractivity contribution in [2.24, 2.45) is 16.5 Å². The number of rotatable bonds is 1. The lowest BCUT2D eigenvalue weighted by atomic mass is 10.1. The number of hydrogen-bond acceptors (Lipinski definition) is 4. The van der Waals surface area contributed by atoms with Gasteiger partial charge in [0.05, 0.1) is 17.3 Å². The number of nitrogens with two attached hydrogens (primary N) is 2. The molecule has 0 spiro atoms. The second-order valence-electron chi connectivity index (χ2n) is 2.84. The van der Waals surface area contributed by atoms with Crippen LogP contribution < -0.4 is 11.5 Å². The predicted octanol–water partition coefficient (Wildman–Crippen LogP) is 0.424. The topological polar surface area (TPSA) is 152 Å². The summed E-state index contributed by atoms with van der Waals surface area (Å²) in [5, 5.41) is 22.4. The van der Waals surface area contributed by atoms with Gasteiger partial charge in [0.2, 0.25) is 0 Å². The van der Waals surface area contributed by atoms with Gasteiger partial charge in [-0.05, 0) is 24.6 Å². The van der Waals surface area contributed by atoms with E-state index in [0.717, 1.165) is 5.56 Å². The van der Waals surface area contributed by atoms with Crippen molar-refractivity contribution in [2.45, 2.75) is 6.92 Å². The normalized spacial score (nSPS) is 8.24. The summed E-state index contributed by atoms with van der Waals surface area (Å²) in [6, 6.07) is 7.28. The quantitative estimate of drug-likeness (QED) is 0.278. The van der Waals surface area contributed by atoms with Crippen LogP contribution in [0.2, 0.25) is 0 Å². The zero-order valence-electron chi connectivity index (χ0n) is 8.99. The minimum atomic E-state index is -1.50. The molecule has 1 aromatic rings. The van der Waals surface area contributed by atoms with E-state index in [0.29, 0.717) is 11.3 Å². The molecule has 0 atom stereocenters. The molecule has 1 rings (SSSR count). The molecule has 0 heterocycles. The van der Waals surface area contributed by atoms with Gasteiger partial charge in [-0.1, -0.05) is 6.07 Å². The average molecular weight is 237 g/mol. The van der Waals surface area contributed by atoms with Crippen LogP contribution in [-0.2, 0) is 0 Å². The van der Waals surface area contributed by atoms with Gasteiger partial charge in [0, 0.05) is 0 Å². The zero-order valence-corrected chi connectivity index (χ0v) is 8.99. The van der Waals surface area contributed by atoms with Crippen LogP contribution in [-0.4, -0.2) is 16.3 Å². The zero-order chi connectivity index (χ0) is 13.4. The third-order valence-corrected chi connectivity index (χ3v) is 1.68. The number of hydrogen-bond donors (Lipinski definition) is 3. The van der Waals surface area contributed by atoms with Gasteiger partial charge in [-0.3, -0.25) is 0 Å². The Hall–Kier alpha value is -2.82. The van der Waals surface area contributed by atoms with Crippen molar-refractivity contribution in [1.82, 2.24) is 0 Å². The van der Waals surface area contributed by atoms with E-state index in [9.17, 15) is 0 Å². The summed E-state index contributed by atoms with van der Waals surface area (Å²) in [7, 11) is 0. The maximum atomic E-state index is 8.72. The molecule has 17 heavy (non-hydrogen) atoms. The van der Waals surface area contributed by atoms with Crippen molar-refractivity contribution in [2.75, 3.05) is 0 Å². The first-order valence-corrected chi connectivity index (χ1v) is 4.31. The minimum absolute atomic E-state index is 0.00168. The van der Waals surface area contributed by atoms with Gasteiger partial charge < -0.3 is 16.7 Å². The molecule has 0 aliphatic carbocycles. The van der Waals surface area contributed by atoms with E-state index in [1.807, 2.05) is 0 Å². The molecule has 0 saturated heterocycles. The van der Waals surface area contributed by atoms with Crippen LogP contribution in [0.4, 0.5) is 5.69 Å². The predicted molar refractivity (Wildman–Crippen MR) is 60.1 cm³/mol. The highest BCUT2D eigenvalue weighted by atomic mass is 16.9. The summed E-state index contributed by atoms with van der Waals surface area (Å²) in [4.78, 5) is 12.2. The Morgan fingerprint density at radius 3 is 2.53 bits per heavy atom. The fourth-order valence-electron chi connectivity index (χ4n) is 1.00. The molecule has 0 fully saturated rings. The van der Waals surface area contributed by atoms with E-state index < -0.39 is 5.09 Å². The summed E-state index contributed by atoms with van der Waals surface area (Å²) >= 11 is 0. The number of nitrogens with zero attached hydrogens (tertiary/aromatic N) is 3. The Balaban J connectivity index is 0.000000557. The molecule has 0 aliphatic rings. The molecule has 0 saturated carbocycles. The molecule has 8 heteroatoms. The standard InChI is InChI=1S/C9H10N4.HNO3/c1-6-7(5-10)3-2-4-8(6)13-9(11)12;2-1(3)4/h2-4H,1H3,(H4,11,12,13);(H,2,3,4). The van der Waals surface area contributed by atoms with Crippen LogP contribution in [0.25, 0.3) is 0 Å². The van der Waals surface area contributed by atoms with Gasteiger partial charge in [-0.25, -0.2) is 4.99 Å². The maximum Gasteiger partial charge on any atom is 0.291 e. The minimum Gasteiger partial charge on any atom is -0.370 e. The van der Waals surface area contributed by atoms with E-state index in [4.69, 9.17) is 32.1 Å². The Labute approximate surface area is 96.9 Å². The third-order valence-electron chi connectivity index (χ3n) is 1.68. The highest BCUT2D eigenvalue weighted by Crippen LogP contribution is 2.20. The Morgan fingerprint density at radius 1 is 1.59 bits per heavy atom. The Morgan fingerprint density at radius 2 is 2.12 bits per heavy atom. The van der Waals surface area contributed by atoms with Gasteiger partial charge in [0.1, 0.15) is 0 Å². The fraction of sp³-hybridized carbons (Fsp3) is 0.111. The summed E-state index contributed by atoms with van der Waals surface area (Å²) in [6.45, 7) is 1.81. The molecule has 0 amide bonds. The summed E-state index contributed by atoms with van der Waals surface area (Å²) in [5.41, 5.74) is 12.5. The molecule has 8 nitrogen and oxygen atoms in total. The Bertz CT molecular complexity index is 470. The first-order chi connectivity index (χ1) is 7.88. The average Bonchev–Trinajstić information content (AvgIpc) is 2.19. The van der Waals surface area contributed by atoms with Crippen molar-refractivity contribution in [3.63, 3.8) is 0 Å². The molecule has 0 radical (unpaired) electrons. The molecule has 5 N–H and O–H groups in total. The third kappa shape index (κ3) is 5.58. The van der Waals surface area contributed by atoms with Crippen LogP contribution in [0.15, 0.2) is 23.2 Å². The molecule has 90 valence electrons. The number of guanidine groups is 1. The van der Waals surface area contributed by atoms with E-state index in [1.165, 1.54) is 0 Å². The maximum absolute atomic E-state index is 8.72. The lowest BCUT2D eigenvalue weighted by Gasteiger charge is -2.01.